The second-order valence-electron chi connectivity index (χ2n) is 5.17. The predicted octanol–water partition coefficient (Wildman–Crippen LogP) is 4.33. The van der Waals surface area contributed by atoms with E-state index in [2.05, 4.69) is 25.3 Å². The zero-order valence-electron chi connectivity index (χ0n) is 11.2. The van der Waals surface area contributed by atoms with E-state index >= 15 is 0 Å². The van der Waals surface area contributed by atoms with Gasteiger partial charge in [0.05, 0.1) is 20.7 Å². The SMILES string of the molecule is C/C(=N\[S@](=O)C(C)(C)C)c1nc2ccc(Br)cc2s1. The second-order valence-corrected chi connectivity index (χ2v) is 9.02. The number of hydrogen-bond acceptors (Lipinski definition) is 3. The zero-order chi connectivity index (χ0) is 14.2. The summed E-state index contributed by atoms with van der Waals surface area (Å²) in [6.07, 6.45) is 0. The molecule has 0 aliphatic carbocycles. The van der Waals surface area contributed by atoms with Gasteiger partial charge in [-0.1, -0.05) is 15.9 Å². The fourth-order valence-electron chi connectivity index (χ4n) is 1.35. The van der Waals surface area contributed by atoms with E-state index in [1.165, 1.54) is 0 Å². The van der Waals surface area contributed by atoms with Gasteiger partial charge in [-0.2, -0.15) is 4.40 Å². The molecule has 0 fully saturated rings. The van der Waals surface area contributed by atoms with Gasteiger partial charge in [0.25, 0.3) is 0 Å². The highest BCUT2D eigenvalue weighted by Gasteiger charge is 2.20. The lowest BCUT2D eigenvalue weighted by molar-refractivity contribution is 0.650. The van der Waals surface area contributed by atoms with Crippen molar-refractivity contribution in [3.8, 4) is 0 Å². The van der Waals surface area contributed by atoms with Gasteiger partial charge < -0.3 is 0 Å². The average molecular weight is 359 g/mol. The predicted molar refractivity (Wildman–Crippen MR) is 87.4 cm³/mol. The molecule has 1 heterocycles. The van der Waals surface area contributed by atoms with Crippen molar-refractivity contribution in [3.63, 3.8) is 0 Å². The first-order chi connectivity index (χ1) is 8.77. The Kier molecular flexibility index (Phi) is 4.23. The molecule has 0 aliphatic rings. The molecule has 1 aromatic heterocycles. The maximum absolute atomic E-state index is 12.0. The van der Waals surface area contributed by atoms with Crippen molar-refractivity contribution in [2.24, 2.45) is 4.40 Å². The first-order valence-corrected chi connectivity index (χ1v) is 8.53. The number of fused-ring (bicyclic) bond motifs is 1. The summed E-state index contributed by atoms with van der Waals surface area (Å²) in [7, 11) is -1.25. The number of thiazole rings is 1. The van der Waals surface area contributed by atoms with E-state index < -0.39 is 11.0 Å². The molecule has 0 radical (unpaired) electrons. The Bertz CT molecular complexity index is 671. The van der Waals surface area contributed by atoms with Crippen molar-refractivity contribution >= 4 is 54.2 Å². The van der Waals surface area contributed by atoms with Crippen LogP contribution in [0.15, 0.2) is 27.1 Å². The maximum atomic E-state index is 12.0. The van der Waals surface area contributed by atoms with Crippen LogP contribution < -0.4 is 0 Å². The third-order valence-electron chi connectivity index (χ3n) is 2.40. The van der Waals surface area contributed by atoms with Crippen LogP contribution in [0.2, 0.25) is 0 Å². The highest BCUT2D eigenvalue weighted by atomic mass is 79.9. The van der Waals surface area contributed by atoms with Gasteiger partial charge in [-0.05, 0) is 45.9 Å². The summed E-state index contributed by atoms with van der Waals surface area (Å²) in [6.45, 7) is 7.59. The zero-order valence-corrected chi connectivity index (χ0v) is 14.4. The Labute approximate surface area is 127 Å². The van der Waals surface area contributed by atoms with Crippen LogP contribution in [0.25, 0.3) is 10.2 Å². The summed E-state index contributed by atoms with van der Waals surface area (Å²) < 4.78 is 18.1. The molecular formula is C13H15BrN2OS2. The summed E-state index contributed by atoms with van der Waals surface area (Å²) >= 11 is 5.01. The van der Waals surface area contributed by atoms with Crippen LogP contribution >= 0.6 is 27.3 Å². The number of rotatable bonds is 2. The molecule has 0 saturated carbocycles. The summed E-state index contributed by atoms with van der Waals surface area (Å²) in [6, 6.07) is 5.96. The summed E-state index contributed by atoms with van der Waals surface area (Å²) in [5, 5.41) is 0.825. The minimum atomic E-state index is -1.25. The van der Waals surface area contributed by atoms with Crippen LogP contribution in [-0.4, -0.2) is 19.7 Å². The van der Waals surface area contributed by atoms with Crippen LogP contribution in [0.4, 0.5) is 0 Å². The van der Waals surface area contributed by atoms with Gasteiger partial charge in [0.15, 0.2) is 0 Å². The molecule has 2 rings (SSSR count). The van der Waals surface area contributed by atoms with Crippen molar-refractivity contribution in [1.29, 1.82) is 0 Å². The monoisotopic (exact) mass is 358 g/mol. The fourth-order valence-corrected chi connectivity index (χ4v) is 3.48. The van der Waals surface area contributed by atoms with Gasteiger partial charge in [0.2, 0.25) is 0 Å². The molecular weight excluding hydrogens is 344 g/mol. The summed E-state index contributed by atoms with van der Waals surface area (Å²) in [5.41, 5.74) is 1.67. The van der Waals surface area contributed by atoms with E-state index in [1.54, 1.807) is 11.3 Å². The third kappa shape index (κ3) is 3.49. The fraction of sp³-hybridized carbons (Fsp3) is 0.385. The Morgan fingerprint density at radius 2 is 2.11 bits per heavy atom. The molecule has 102 valence electrons. The Hall–Kier alpha value is -0.590. The lowest BCUT2D eigenvalue weighted by Crippen LogP contribution is -2.20. The van der Waals surface area contributed by atoms with E-state index in [-0.39, 0.29) is 4.75 Å². The summed E-state index contributed by atoms with van der Waals surface area (Å²) in [4.78, 5) is 4.52. The van der Waals surface area contributed by atoms with Gasteiger partial charge in [0.1, 0.15) is 16.0 Å². The molecule has 0 spiro atoms. The quantitative estimate of drug-likeness (QED) is 0.749. The molecule has 0 N–H and O–H groups in total. The molecule has 0 unspecified atom stereocenters. The summed E-state index contributed by atoms with van der Waals surface area (Å²) in [5.74, 6) is 0. The van der Waals surface area contributed by atoms with Crippen molar-refractivity contribution in [2.45, 2.75) is 32.4 Å². The highest BCUT2D eigenvalue weighted by Crippen LogP contribution is 2.26. The van der Waals surface area contributed by atoms with E-state index in [1.807, 2.05) is 45.9 Å². The normalized spacial score (nSPS) is 14.9. The van der Waals surface area contributed by atoms with E-state index in [4.69, 9.17) is 0 Å². The number of halogens is 1. The van der Waals surface area contributed by atoms with Gasteiger partial charge in [0, 0.05) is 4.47 Å². The number of benzene rings is 1. The van der Waals surface area contributed by atoms with Gasteiger partial charge in [-0.15, -0.1) is 11.3 Å². The standard InChI is InChI=1S/C13H15BrN2OS2/c1-8(16-19(17)13(2,3)4)12-15-10-6-5-9(14)7-11(10)18-12/h5-7H,1-4H3/b16-8+/t19-/m1/s1. The molecule has 0 saturated heterocycles. The average Bonchev–Trinajstić information content (AvgIpc) is 2.70. The van der Waals surface area contributed by atoms with E-state index in [0.717, 1.165) is 25.4 Å². The minimum Gasteiger partial charge on any atom is -0.235 e. The molecule has 1 aromatic carbocycles. The Morgan fingerprint density at radius 3 is 2.74 bits per heavy atom. The molecule has 0 aliphatic heterocycles. The molecule has 1 atom stereocenters. The molecule has 19 heavy (non-hydrogen) atoms. The lowest BCUT2D eigenvalue weighted by atomic mass is 10.3. The van der Waals surface area contributed by atoms with Crippen LogP contribution in [0.3, 0.4) is 0 Å². The molecule has 0 bridgehead atoms. The highest BCUT2D eigenvalue weighted by molar-refractivity contribution is 9.10. The van der Waals surface area contributed by atoms with E-state index in [9.17, 15) is 4.21 Å². The van der Waals surface area contributed by atoms with Crippen LogP contribution in [-0.2, 0) is 11.0 Å². The molecule has 6 heteroatoms. The largest absolute Gasteiger partial charge is 0.235 e. The van der Waals surface area contributed by atoms with Crippen LogP contribution in [0.1, 0.15) is 32.7 Å². The van der Waals surface area contributed by atoms with Gasteiger partial charge in [-0.25, -0.2) is 9.19 Å². The Morgan fingerprint density at radius 1 is 1.42 bits per heavy atom. The maximum Gasteiger partial charge on any atom is 0.145 e. The topological polar surface area (TPSA) is 42.3 Å². The molecule has 3 nitrogen and oxygen atoms in total. The van der Waals surface area contributed by atoms with Crippen molar-refractivity contribution in [1.82, 2.24) is 4.98 Å². The van der Waals surface area contributed by atoms with E-state index in [0.29, 0.717) is 0 Å². The van der Waals surface area contributed by atoms with Gasteiger partial charge >= 0.3 is 0 Å². The second kappa shape index (κ2) is 5.42. The Balaban J connectivity index is 2.39. The number of hydrogen-bond donors (Lipinski definition) is 0. The van der Waals surface area contributed by atoms with Crippen LogP contribution in [0.5, 0.6) is 0 Å². The van der Waals surface area contributed by atoms with Crippen molar-refractivity contribution in [2.75, 3.05) is 0 Å². The van der Waals surface area contributed by atoms with Crippen molar-refractivity contribution in [3.05, 3.63) is 27.7 Å². The first kappa shape index (κ1) is 14.8. The number of nitrogens with zero attached hydrogens (tertiary/aromatic N) is 2. The smallest absolute Gasteiger partial charge is 0.145 e. The van der Waals surface area contributed by atoms with Crippen molar-refractivity contribution < 1.29 is 4.21 Å². The number of aromatic nitrogens is 1. The third-order valence-corrected chi connectivity index (χ3v) is 5.51. The molecule has 2 aromatic rings. The first-order valence-electron chi connectivity index (χ1n) is 5.81. The molecule has 0 amide bonds. The minimum absolute atomic E-state index is 0.346. The van der Waals surface area contributed by atoms with Gasteiger partial charge in [-0.3, -0.25) is 0 Å². The lowest BCUT2D eigenvalue weighted by Gasteiger charge is -2.13. The van der Waals surface area contributed by atoms with Crippen LogP contribution in [0, 0.1) is 0 Å².